The minimum absolute atomic E-state index is 0.164. The monoisotopic (exact) mass is 444 g/mol. The van der Waals surface area contributed by atoms with Gasteiger partial charge in [0.15, 0.2) is 0 Å². The van der Waals surface area contributed by atoms with Crippen molar-refractivity contribution < 1.29 is 4.79 Å². The number of nitrogens with one attached hydrogen (secondary N) is 1. The summed E-state index contributed by atoms with van der Waals surface area (Å²) in [5.41, 5.74) is 5.98. The molecule has 5 nitrogen and oxygen atoms in total. The molecule has 1 aromatic carbocycles. The molecule has 138 valence electrons. The van der Waals surface area contributed by atoms with Crippen LogP contribution in [0, 0.1) is 0 Å². The summed E-state index contributed by atoms with van der Waals surface area (Å²) in [6.07, 6.45) is 3.25. The van der Waals surface area contributed by atoms with E-state index in [-0.39, 0.29) is 5.91 Å². The maximum Gasteiger partial charge on any atom is 0.240 e. The van der Waals surface area contributed by atoms with Gasteiger partial charge < -0.3 is 0 Å². The van der Waals surface area contributed by atoms with Crippen LogP contribution in [-0.4, -0.2) is 27.5 Å². The van der Waals surface area contributed by atoms with E-state index >= 15 is 0 Å². The highest BCUT2D eigenvalue weighted by Crippen LogP contribution is 2.19. The van der Waals surface area contributed by atoms with Crippen molar-refractivity contribution in [2.45, 2.75) is 19.3 Å². The fourth-order valence-electron chi connectivity index (χ4n) is 2.66. The minimum Gasteiger partial charge on any atom is -0.273 e. The maximum atomic E-state index is 12.0. The molecule has 2 aromatic heterocycles. The molecule has 0 bridgehead atoms. The van der Waals surface area contributed by atoms with Gasteiger partial charge >= 0.3 is 0 Å². The summed E-state index contributed by atoms with van der Waals surface area (Å²) in [6.45, 7) is 0. The Hall–Kier alpha value is -2.31. The SMILES string of the molecule is O=C(CCCCl)NN=C(Cc1ccnc2ccccc12)c1cccc(Br)n1. The van der Waals surface area contributed by atoms with E-state index in [1.165, 1.54) is 0 Å². The largest absolute Gasteiger partial charge is 0.273 e. The zero-order valence-corrected chi connectivity index (χ0v) is 16.9. The average Bonchev–Trinajstić information content (AvgIpc) is 2.69. The molecule has 0 saturated carbocycles. The van der Waals surface area contributed by atoms with Crippen LogP contribution >= 0.6 is 27.5 Å². The van der Waals surface area contributed by atoms with Gasteiger partial charge in [0.25, 0.3) is 0 Å². The summed E-state index contributed by atoms with van der Waals surface area (Å²) in [5, 5.41) is 5.41. The van der Waals surface area contributed by atoms with Crippen molar-refractivity contribution in [3.63, 3.8) is 0 Å². The number of carbonyl (C=O) groups excluding carboxylic acids is 1. The lowest BCUT2D eigenvalue weighted by molar-refractivity contribution is -0.121. The number of nitrogens with zero attached hydrogens (tertiary/aromatic N) is 3. The van der Waals surface area contributed by atoms with E-state index < -0.39 is 0 Å². The molecule has 3 rings (SSSR count). The number of benzene rings is 1. The standard InChI is InChI=1S/C20H18BrClN4O/c21-19-8-3-7-17(24-19)18(25-26-20(27)9-4-11-22)13-14-10-12-23-16-6-2-1-5-15(14)16/h1-3,5-8,10,12H,4,9,11,13H2,(H,26,27). The molecule has 7 heteroatoms. The fourth-order valence-corrected chi connectivity index (χ4v) is 3.14. The molecule has 0 aliphatic rings. The lowest BCUT2D eigenvalue weighted by atomic mass is 10.0. The molecule has 1 N–H and O–H groups in total. The van der Waals surface area contributed by atoms with Gasteiger partial charge in [-0.25, -0.2) is 10.4 Å². The van der Waals surface area contributed by atoms with Gasteiger partial charge in [-0.2, -0.15) is 5.10 Å². The van der Waals surface area contributed by atoms with E-state index in [1.807, 2.05) is 48.5 Å². The van der Waals surface area contributed by atoms with E-state index in [2.05, 4.69) is 36.4 Å². The third-order valence-electron chi connectivity index (χ3n) is 3.96. The molecule has 0 unspecified atom stereocenters. The maximum absolute atomic E-state index is 12.0. The zero-order chi connectivity index (χ0) is 19.1. The second kappa shape index (κ2) is 9.58. The van der Waals surface area contributed by atoms with Crippen molar-refractivity contribution in [1.82, 2.24) is 15.4 Å². The number of amides is 1. The van der Waals surface area contributed by atoms with Gasteiger partial charge in [0, 0.05) is 30.3 Å². The number of carbonyl (C=O) groups is 1. The Bertz CT molecular complexity index is 972. The van der Waals surface area contributed by atoms with Crippen LogP contribution in [0.2, 0.25) is 0 Å². The summed E-state index contributed by atoms with van der Waals surface area (Å²) < 4.78 is 0.709. The number of fused-ring (bicyclic) bond motifs is 1. The van der Waals surface area contributed by atoms with E-state index in [1.54, 1.807) is 6.20 Å². The fraction of sp³-hybridized carbons (Fsp3) is 0.200. The molecule has 0 fully saturated rings. The highest BCUT2D eigenvalue weighted by molar-refractivity contribution is 9.10. The molecule has 27 heavy (non-hydrogen) atoms. The van der Waals surface area contributed by atoms with Crippen LogP contribution in [0.15, 0.2) is 64.4 Å². The smallest absolute Gasteiger partial charge is 0.240 e. The highest BCUT2D eigenvalue weighted by atomic mass is 79.9. The van der Waals surface area contributed by atoms with Gasteiger partial charge in [-0.05, 0) is 52.2 Å². The van der Waals surface area contributed by atoms with Gasteiger partial charge in [0.1, 0.15) is 4.60 Å². The van der Waals surface area contributed by atoms with Gasteiger partial charge in [-0.3, -0.25) is 9.78 Å². The Morgan fingerprint density at radius 3 is 2.81 bits per heavy atom. The molecule has 1 amide bonds. The predicted molar refractivity (Wildman–Crippen MR) is 112 cm³/mol. The molecule has 0 radical (unpaired) electrons. The van der Waals surface area contributed by atoms with Crippen LogP contribution in [0.1, 0.15) is 24.1 Å². The molecule has 0 aliphatic heterocycles. The molecular formula is C20H18BrClN4O. The topological polar surface area (TPSA) is 67.2 Å². The van der Waals surface area contributed by atoms with Crippen LogP contribution in [0.25, 0.3) is 10.9 Å². The lowest BCUT2D eigenvalue weighted by Gasteiger charge is -2.10. The Labute approximate surface area is 171 Å². The van der Waals surface area contributed by atoms with Crippen molar-refractivity contribution in [2.24, 2.45) is 5.10 Å². The van der Waals surface area contributed by atoms with Crippen molar-refractivity contribution in [1.29, 1.82) is 0 Å². The summed E-state index contributed by atoms with van der Waals surface area (Å²) in [5.74, 6) is 0.280. The predicted octanol–water partition coefficient (Wildman–Crippen LogP) is 4.47. The highest BCUT2D eigenvalue weighted by Gasteiger charge is 2.11. The molecule has 0 aliphatic carbocycles. The van der Waals surface area contributed by atoms with Crippen molar-refractivity contribution in [3.05, 3.63) is 70.6 Å². The number of hydrogen-bond acceptors (Lipinski definition) is 4. The first-order chi connectivity index (χ1) is 13.2. The third kappa shape index (κ3) is 5.34. The molecule has 3 aromatic rings. The number of alkyl halides is 1. The zero-order valence-electron chi connectivity index (χ0n) is 14.5. The molecule has 2 heterocycles. The van der Waals surface area contributed by atoms with Crippen LogP contribution in [-0.2, 0) is 11.2 Å². The Kier molecular flexibility index (Phi) is 6.90. The third-order valence-corrected chi connectivity index (χ3v) is 4.67. The Balaban J connectivity index is 1.93. The first-order valence-corrected chi connectivity index (χ1v) is 9.87. The molecular weight excluding hydrogens is 428 g/mol. The normalized spacial score (nSPS) is 11.6. The Morgan fingerprint density at radius 2 is 2.00 bits per heavy atom. The van der Waals surface area contributed by atoms with Crippen LogP contribution in [0.3, 0.4) is 0 Å². The molecule has 0 saturated heterocycles. The van der Waals surface area contributed by atoms with Gasteiger partial charge in [-0.1, -0.05) is 24.3 Å². The van der Waals surface area contributed by atoms with Gasteiger partial charge in [0.05, 0.1) is 16.9 Å². The van der Waals surface area contributed by atoms with Crippen LogP contribution in [0.4, 0.5) is 0 Å². The second-order valence-corrected chi connectivity index (χ2v) is 7.09. The second-order valence-electron chi connectivity index (χ2n) is 5.90. The number of hydrazone groups is 1. The quantitative estimate of drug-likeness (QED) is 0.252. The van der Waals surface area contributed by atoms with E-state index in [0.29, 0.717) is 41.2 Å². The van der Waals surface area contributed by atoms with Crippen LogP contribution < -0.4 is 5.43 Å². The van der Waals surface area contributed by atoms with Gasteiger partial charge in [-0.15, -0.1) is 11.6 Å². The first-order valence-electron chi connectivity index (χ1n) is 8.54. The summed E-state index contributed by atoms with van der Waals surface area (Å²) in [7, 11) is 0. The van der Waals surface area contributed by atoms with E-state index in [0.717, 1.165) is 16.5 Å². The van der Waals surface area contributed by atoms with Crippen molar-refractivity contribution >= 4 is 50.1 Å². The van der Waals surface area contributed by atoms with Crippen molar-refractivity contribution in [2.75, 3.05) is 5.88 Å². The number of para-hydroxylation sites is 1. The average molecular weight is 446 g/mol. The number of rotatable bonds is 7. The van der Waals surface area contributed by atoms with E-state index in [4.69, 9.17) is 11.6 Å². The number of pyridine rings is 2. The minimum atomic E-state index is -0.164. The summed E-state index contributed by atoms with van der Waals surface area (Å²) >= 11 is 9.04. The van der Waals surface area contributed by atoms with Crippen molar-refractivity contribution in [3.8, 4) is 0 Å². The summed E-state index contributed by atoms with van der Waals surface area (Å²) in [4.78, 5) is 20.8. The molecule has 0 spiro atoms. The molecule has 0 atom stereocenters. The first kappa shape index (κ1) is 19.5. The summed E-state index contributed by atoms with van der Waals surface area (Å²) in [6, 6.07) is 15.5. The number of hydrogen-bond donors (Lipinski definition) is 1. The van der Waals surface area contributed by atoms with E-state index in [9.17, 15) is 4.79 Å². The lowest BCUT2D eigenvalue weighted by Crippen LogP contribution is -2.21. The number of aromatic nitrogens is 2. The number of halogens is 2. The Morgan fingerprint density at radius 1 is 1.15 bits per heavy atom. The van der Waals surface area contributed by atoms with Gasteiger partial charge in [0.2, 0.25) is 5.91 Å². The van der Waals surface area contributed by atoms with Crippen LogP contribution in [0.5, 0.6) is 0 Å².